The summed E-state index contributed by atoms with van der Waals surface area (Å²) in [6.45, 7) is 5.79. The van der Waals surface area contributed by atoms with Crippen LogP contribution < -0.4 is 4.90 Å². The van der Waals surface area contributed by atoms with Gasteiger partial charge in [0.25, 0.3) is 0 Å². The maximum absolute atomic E-state index is 10.2. The molecule has 1 heterocycles. The zero-order valence-corrected chi connectivity index (χ0v) is 9.69. The van der Waals surface area contributed by atoms with Crippen molar-refractivity contribution in [2.45, 2.75) is 6.92 Å². The summed E-state index contributed by atoms with van der Waals surface area (Å²) in [6.07, 6.45) is 5.42. The molecule has 1 aliphatic heterocycles. The fraction of sp³-hybridized carbons (Fsp3) is 0.545. The average Bonchev–Trinajstić information content (AvgIpc) is 2.26. The van der Waals surface area contributed by atoms with Crippen LogP contribution in [0.3, 0.4) is 0 Å². The predicted molar refractivity (Wildman–Crippen MR) is 62.4 cm³/mol. The van der Waals surface area contributed by atoms with Gasteiger partial charge in [-0.2, -0.15) is 7.05 Å². The predicted octanol–water partition coefficient (Wildman–Crippen LogP) is -0.285. The van der Waals surface area contributed by atoms with Crippen LogP contribution in [0.1, 0.15) is 6.92 Å². The molecule has 1 aliphatic rings. The third kappa shape index (κ3) is 4.02. The number of hydrogen-bond acceptors (Lipinski definition) is 3. The Morgan fingerprint density at radius 2 is 2.19 bits per heavy atom. The monoisotopic (exact) mass is 225 g/mol. The van der Waals surface area contributed by atoms with E-state index in [0.29, 0.717) is 0 Å². The molecule has 0 unspecified atom stereocenters. The molecule has 0 spiro atoms. The zero-order valence-electron chi connectivity index (χ0n) is 9.69. The smallest absolute Gasteiger partial charge is 0.222 e. The molecule has 90 valence electrons. The second-order valence-corrected chi connectivity index (χ2v) is 3.87. The van der Waals surface area contributed by atoms with E-state index in [0.717, 1.165) is 31.9 Å². The highest BCUT2D eigenvalue weighted by atomic mass is 16.6. The second kappa shape index (κ2) is 6.27. The molecule has 1 N–H and O–H groups in total. The summed E-state index contributed by atoms with van der Waals surface area (Å²) >= 11 is 0. The highest BCUT2D eigenvalue weighted by Crippen LogP contribution is 2.06. The van der Waals surface area contributed by atoms with Gasteiger partial charge in [-0.15, -0.1) is 0 Å². The third-order valence-electron chi connectivity index (χ3n) is 2.67. The molecule has 1 fully saturated rings. The maximum Gasteiger partial charge on any atom is 0.222 e. The molecule has 16 heavy (non-hydrogen) atoms. The molecule has 0 saturated carbocycles. The lowest BCUT2D eigenvalue weighted by atomic mass is 10.2. The van der Waals surface area contributed by atoms with Crippen LogP contribution in [0.2, 0.25) is 0 Å². The van der Waals surface area contributed by atoms with Crippen molar-refractivity contribution in [1.82, 2.24) is 4.90 Å². The zero-order chi connectivity index (χ0) is 12.0. The van der Waals surface area contributed by atoms with E-state index in [1.54, 1.807) is 6.08 Å². The van der Waals surface area contributed by atoms with Crippen molar-refractivity contribution < 1.29 is 9.82 Å². The van der Waals surface area contributed by atoms with Crippen LogP contribution in [-0.4, -0.2) is 42.5 Å². The first-order valence-corrected chi connectivity index (χ1v) is 5.49. The first-order chi connectivity index (χ1) is 7.63. The Morgan fingerprint density at radius 1 is 1.56 bits per heavy atom. The normalized spacial score (nSPS) is 19.4. The largest absolute Gasteiger partial charge is 0.465 e. The van der Waals surface area contributed by atoms with E-state index >= 15 is 0 Å². The summed E-state index contributed by atoms with van der Waals surface area (Å²) in [5.41, 5.74) is 1.06. The molecule has 1 rings (SSSR count). The van der Waals surface area contributed by atoms with E-state index in [9.17, 15) is 10.1 Å². The summed E-state index contributed by atoms with van der Waals surface area (Å²) in [4.78, 5) is 13.4. The minimum absolute atomic E-state index is 0.113. The molecule has 5 heteroatoms. The average molecular weight is 225 g/mol. The van der Waals surface area contributed by atoms with Crippen molar-refractivity contribution in [3.05, 3.63) is 41.1 Å². The number of nitro groups is 1. The molecule has 0 aliphatic carbocycles. The van der Waals surface area contributed by atoms with Crippen molar-refractivity contribution in [2.24, 2.45) is 0 Å². The van der Waals surface area contributed by atoms with Crippen LogP contribution in [0, 0.1) is 17.2 Å². The van der Waals surface area contributed by atoms with Crippen molar-refractivity contribution in [2.75, 3.05) is 32.7 Å². The highest BCUT2D eigenvalue weighted by molar-refractivity contribution is 5.17. The second-order valence-electron chi connectivity index (χ2n) is 3.87. The quantitative estimate of drug-likeness (QED) is 0.310. The minimum atomic E-state index is -0.332. The molecule has 5 nitrogen and oxygen atoms in total. The molecule has 0 atom stereocenters. The Kier molecular flexibility index (Phi) is 4.98. The van der Waals surface area contributed by atoms with Crippen molar-refractivity contribution in [1.29, 1.82) is 0 Å². The van der Waals surface area contributed by atoms with Crippen LogP contribution in [0.4, 0.5) is 0 Å². The van der Waals surface area contributed by atoms with Gasteiger partial charge in [0.1, 0.15) is 0 Å². The highest BCUT2D eigenvalue weighted by Gasteiger charge is 2.14. The molecule has 0 aromatic rings. The number of rotatable bonds is 4. The molecule has 0 aromatic carbocycles. The summed E-state index contributed by atoms with van der Waals surface area (Å²) in [6, 6.07) is 0. The van der Waals surface area contributed by atoms with Gasteiger partial charge in [0.2, 0.25) is 6.54 Å². The molecule has 1 saturated heterocycles. The number of allylic oxidation sites excluding steroid dienone is 2. The molecule has 0 aromatic heterocycles. The van der Waals surface area contributed by atoms with Gasteiger partial charge < -0.3 is 9.80 Å². The van der Waals surface area contributed by atoms with Crippen LogP contribution in [0.5, 0.6) is 0 Å². The number of nitrogens with zero attached hydrogens (tertiary/aromatic N) is 2. The van der Waals surface area contributed by atoms with Gasteiger partial charge in [0.05, 0.1) is 26.2 Å². The molecular formula is C11H19N3O2. The standard InChI is InChI=1S/C11H19N3O2/c1-3-11(5-4-6-14(15)16)13-9-7-12(2)8-10-13/h3-5,12H,2,6-10H2,1H3/b5-4-,11-3+. The van der Waals surface area contributed by atoms with Gasteiger partial charge >= 0.3 is 0 Å². The topological polar surface area (TPSA) is 50.8 Å². The van der Waals surface area contributed by atoms with Crippen molar-refractivity contribution in [3.63, 3.8) is 0 Å². The van der Waals surface area contributed by atoms with E-state index in [1.165, 1.54) is 4.90 Å². The number of hydrogen-bond donors (Lipinski definition) is 1. The van der Waals surface area contributed by atoms with Gasteiger partial charge in [0, 0.05) is 10.6 Å². The first-order valence-electron chi connectivity index (χ1n) is 5.49. The minimum Gasteiger partial charge on any atom is -0.465 e. The lowest BCUT2D eigenvalue weighted by Crippen LogP contribution is -3.09. The molecule has 0 bridgehead atoms. The number of nitrogens with one attached hydrogen (secondary N) is 1. The van der Waals surface area contributed by atoms with Gasteiger partial charge in [-0.05, 0) is 19.1 Å². The van der Waals surface area contributed by atoms with E-state index in [2.05, 4.69) is 11.9 Å². The van der Waals surface area contributed by atoms with E-state index < -0.39 is 0 Å². The fourth-order valence-electron chi connectivity index (χ4n) is 1.72. The van der Waals surface area contributed by atoms with Crippen LogP contribution in [0.25, 0.3) is 0 Å². The van der Waals surface area contributed by atoms with Crippen molar-refractivity contribution in [3.8, 4) is 0 Å². The Labute approximate surface area is 96.2 Å². The summed E-state index contributed by atoms with van der Waals surface area (Å²) in [7, 11) is 3.97. The lowest BCUT2D eigenvalue weighted by Gasteiger charge is -2.35. The van der Waals surface area contributed by atoms with E-state index in [4.69, 9.17) is 0 Å². The Hall–Kier alpha value is -1.36. The number of quaternary nitrogens is 1. The van der Waals surface area contributed by atoms with Gasteiger partial charge in [-0.25, -0.2) is 0 Å². The van der Waals surface area contributed by atoms with Gasteiger partial charge in [-0.3, -0.25) is 10.1 Å². The Bertz CT molecular complexity index is 292. The number of piperazine rings is 1. The first kappa shape index (κ1) is 12.7. The van der Waals surface area contributed by atoms with Gasteiger partial charge in [0.15, 0.2) is 0 Å². The summed E-state index contributed by atoms with van der Waals surface area (Å²) in [5, 5.41) is 10.2. The third-order valence-corrected chi connectivity index (χ3v) is 2.67. The molecule has 0 amide bonds. The molecule has 0 radical (unpaired) electrons. The summed E-state index contributed by atoms with van der Waals surface area (Å²) in [5.74, 6) is 0. The lowest BCUT2D eigenvalue weighted by molar-refractivity contribution is -0.858. The van der Waals surface area contributed by atoms with Crippen LogP contribution in [0.15, 0.2) is 23.9 Å². The SMILES string of the molecule is [CH2-][NH+]1CCN(C(/C=C\C[N+](=O)[O-])=C/C)CC1. The van der Waals surface area contributed by atoms with Crippen molar-refractivity contribution >= 4 is 0 Å². The maximum atomic E-state index is 10.2. The summed E-state index contributed by atoms with van der Waals surface area (Å²) < 4.78 is 0. The van der Waals surface area contributed by atoms with Gasteiger partial charge in [-0.1, -0.05) is 6.08 Å². The fourth-order valence-corrected chi connectivity index (χ4v) is 1.72. The molecular weight excluding hydrogens is 206 g/mol. The van der Waals surface area contributed by atoms with Crippen LogP contribution >= 0.6 is 0 Å². The van der Waals surface area contributed by atoms with E-state index in [1.807, 2.05) is 19.1 Å². The Balaban J connectivity index is 2.48. The van der Waals surface area contributed by atoms with E-state index in [-0.39, 0.29) is 11.5 Å². The Morgan fingerprint density at radius 3 is 2.69 bits per heavy atom. The van der Waals surface area contributed by atoms with Crippen LogP contribution in [-0.2, 0) is 0 Å².